The quantitative estimate of drug-likeness (QED) is 0.299. The molecule has 0 radical (unpaired) electrons. The number of rotatable bonds is 11. The third-order valence-corrected chi connectivity index (χ3v) is 4.80. The molecule has 9 heteroatoms. The van der Waals surface area contributed by atoms with E-state index >= 15 is 0 Å². The molecule has 0 bridgehead atoms. The Balaban J connectivity index is 2.08. The fraction of sp³-hybridized carbons (Fsp3) is 0.391. The minimum absolute atomic E-state index is 0.0224. The molecule has 0 spiro atoms. The number of ether oxygens (including phenoxy) is 1. The van der Waals surface area contributed by atoms with Gasteiger partial charge in [-0.05, 0) is 56.7 Å². The number of nitrogens with zero attached hydrogens (tertiary/aromatic N) is 3. The van der Waals surface area contributed by atoms with E-state index in [1.165, 1.54) is 23.1 Å². The second kappa shape index (κ2) is 11.8. The normalized spacial score (nSPS) is 11.2. The maximum Gasteiger partial charge on any atom is 0.269 e. The van der Waals surface area contributed by atoms with Crippen LogP contribution in [0, 0.1) is 17.0 Å². The molecule has 2 aromatic rings. The SMILES string of the molecule is COCCN(Cc1ccc(C)o1)C(=O)CN(C(=O)C=Cc1ccc([N+](=O)[O-])cc1)C(C)C. The van der Waals surface area contributed by atoms with Crippen LogP contribution in [-0.4, -0.2) is 59.4 Å². The van der Waals surface area contributed by atoms with E-state index < -0.39 is 4.92 Å². The van der Waals surface area contributed by atoms with Crippen LogP contribution in [0.1, 0.15) is 30.9 Å². The number of nitro benzene ring substituents is 1. The van der Waals surface area contributed by atoms with Gasteiger partial charge in [-0.25, -0.2) is 0 Å². The van der Waals surface area contributed by atoms with Crippen LogP contribution in [-0.2, 0) is 20.9 Å². The molecular formula is C23H29N3O6. The number of hydrogen-bond donors (Lipinski definition) is 0. The summed E-state index contributed by atoms with van der Waals surface area (Å²) in [5, 5.41) is 10.8. The largest absolute Gasteiger partial charge is 0.464 e. The van der Waals surface area contributed by atoms with Crippen LogP contribution in [0.5, 0.6) is 0 Å². The first kappa shape index (κ1) is 24.8. The number of methoxy groups -OCH3 is 1. The Hall–Kier alpha value is -3.46. The molecule has 1 aromatic carbocycles. The maximum atomic E-state index is 13.0. The van der Waals surface area contributed by atoms with E-state index in [0.29, 0.717) is 24.5 Å². The number of aryl methyl sites for hydroxylation is 1. The van der Waals surface area contributed by atoms with Gasteiger partial charge >= 0.3 is 0 Å². The highest BCUT2D eigenvalue weighted by Gasteiger charge is 2.23. The average molecular weight is 444 g/mol. The molecule has 0 unspecified atom stereocenters. The monoisotopic (exact) mass is 443 g/mol. The van der Waals surface area contributed by atoms with E-state index in [9.17, 15) is 19.7 Å². The lowest BCUT2D eigenvalue weighted by Crippen LogP contribution is -2.45. The van der Waals surface area contributed by atoms with Gasteiger partial charge in [0.2, 0.25) is 11.8 Å². The summed E-state index contributed by atoms with van der Waals surface area (Å²) in [5.41, 5.74) is 0.625. The Labute approximate surface area is 187 Å². The predicted octanol–water partition coefficient (Wildman–Crippen LogP) is 3.42. The van der Waals surface area contributed by atoms with Crippen LogP contribution in [0.3, 0.4) is 0 Å². The van der Waals surface area contributed by atoms with Crippen molar-refractivity contribution in [3.63, 3.8) is 0 Å². The molecule has 0 fully saturated rings. The van der Waals surface area contributed by atoms with Gasteiger partial charge in [0.15, 0.2) is 0 Å². The second-order valence-electron chi connectivity index (χ2n) is 7.56. The van der Waals surface area contributed by atoms with E-state index in [0.717, 1.165) is 5.76 Å². The molecular weight excluding hydrogens is 414 g/mol. The molecule has 0 aliphatic heterocycles. The van der Waals surface area contributed by atoms with Crippen molar-refractivity contribution >= 4 is 23.6 Å². The number of hydrogen-bond acceptors (Lipinski definition) is 6. The van der Waals surface area contributed by atoms with Crippen molar-refractivity contribution in [2.24, 2.45) is 0 Å². The smallest absolute Gasteiger partial charge is 0.269 e. The molecule has 172 valence electrons. The number of carbonyl (C=O) groups excluding carboxylic acids is 2. The first-order valence-corrected chi connectivity index (χ1v) is 10.3. The van der Waals surface area contributed by atoms with Crippen LogP contribution >= 0.6 is 0 Å². The van der Waals surface area contributed by atoms with Crippen molar-refractivity contribution in [2.75, 3.05) is 26.8 Å². The van der Waals surface area contributed by atoms with E-state index in [1.54, 1.807) is 30.2 Å². The molecule has 0 saturated heterocycles. The summed E-state index contributed by atoms with van der Waals surface area (Å²) in [6.45, 7) is 6.43. The predicted molar refractivity (Wildman–Crippen MR) is 120 cm³/mol. The summed E-state index contributed by atoms with van der Waals surface area (Å²) in [6.07, 6.45) is 2.93. The van der Waals surface area contributed by atoms with Gasteiger partial charge in [0.1, 0.15) is 18.1 Å². The van der Waals surface area contributed by atoms with Gasteiger partial charge in [-0.2, -0.15) is 0 Å². The Morgan fingerprint density at radius 3 is 2.41 bits per heavy atom. The standard InChI is InChI=1S/C23H29N3O6/c1-17(2)25(22(27)12-8-19-6-9-20(10-7-19)26(29)30)16-23(28)24(13-14-31-4)15-21-11-5-18(3)32-21/h5-12,17H,13-16H2,1-4H3. The zero-order valence-corrected chi connectivity index (χ0v) is 18.8. The van der Waals surface area contributed by atoms with Gasteiger partial charge < -0.3 is 19.0 Å². The number of carbonyl (C=O) groups is 2. The zero-order valence-electron chi connectivity index (χ0n) is 18.8. The van der Waals surface area contributed by atoms with Crippen molar-refractivity contribution in [3.8, 4) is 0 Å². The Bertz CT molecular complexity index is 949. The van der Waals surface area contributed by atoms with Crippen molar-refractivity contribution in [1.82, 2.24) is 9.80 Å². The lowest BCUT2D eigenvalue weighted by molar-refractivity contribution is -0.384. The highest BCUT2D eigenvalue weighted by Crippen LogP contribution is 2.14. The molecule has 2 amide bonds. The summed E-state index contributed by atoms with van der Waals surface area (Å²) in [5.74, 6) is 0.871. The number of furan rings is 1. The third kappa shape index (κ3) is 7.35. The average Bonchev–Trinajstić information content (AvgIpc) is 3.17. The first-order chi connectivity index (χ1) is 15.2. The number of amides is 2. The molecule has 0 N–H and O–H groups in total. The first-order valence-electron chi connectivity index (χ1n) is 10.3. The third-order valence-electron chi connectivity index (χ3n) is 4.80. The van der Waals surface area contributed by atoms with Crippen molar-refractivity contribution in [2.45, 2.75) is 33.4 Å². The molecule has 2 rings (SSSR count). The molecule has 9 nitrogen and oxygen atoms in total. The Kier molecular flexibility index (Phi) is 9.15. The zero-order chi connectivity index (χ0) is 23.7. The van der Waals surface area contributed by atoms with Gasteiger partial charge in [0.25, 0.3) is 5.69 Å². The van der Waals surface area contributed by atoms with E-state index in [1.807, 2.05) is 32.9 Å². The minimum atomic E-state index is -0.482. The number of non-ortho nitro benzene ring substituents is 1. The van der Waals surface area contributed by atoms with Gasteiger partial charge in [0.05, 0.1) is 18.1 Å². The maximum absolute atomic E-state index is 13.0. The molecule has 0 atom stereocenters. The minimum Gasteiger partial charge on any atom is -0.464 e. The summed E-state index contributed by atoms with van der Waals surface area (Å²) in [7, 11) is 1.56. The van der Waals surface area contributed by atoms with Crippen LogP contribution < -0.4 is 0 Å². The van der Waals surface area contributed by atoms with Gasteiger partial charge in [-0.3, -0.25) is 19.7 Å². The van der Waals surface area contributed by atoms with Crippen molar-refractivity contribution in [3.05, 3.63) is 69.7 Å². The topological polar surface area (TPSA) is 106 Å². The molecule has 0 aliphatic carbocycles. The van der Waals surface area contributed by atoms with E-state index in [-0.39, 0.29) is 36.6 Å². The molecule has 1 aromatic heterocycles. The molecule has 0 saturated carbocycles. The molecule has 1 heterocycles. The highest BCUT2D eigenvalue weighted by molar-refractivity contribution is 5.94. The van der Waals surface area contributed by atoms with Crippen LogP contribution in [0.25, 0.3) is 6.08 Å². The Morgan fingerprint density at radius 1 is 1.19 bits per heavy atom. The molecule has 32 heavy (non-hydrogen) atoms. The van der Waals surface area contributed by atoms with Crippen LogP contribution in [0.15, 0.2) is 46.9 Å². The summed E-state index contributed by atoms with van der Waals surface area (Å²) in [6, 6.07) is 9.32. The second-order valence-corrected chi connectivity index (χ2v) is 7.56. The van der Waals surface area contributed by atoms with Gasteiger partial charge in [-0.15, -0.1) is 0 Å². The van der Waals surface area contributed by atoms with Crippen LogP contribution in [0.4, 0.5) is 5.69 Å². The van der Waals surface area contributed by atoms with Crippen LogP contribution in [0.2, 0.25) is 0 Å². The lowest BCUT2D eigenvalue weighted by atomic mass is 10.2. The highest BCUT2D eigenvalue weighted by atomic mass is 16.6. The van der Waals surface area contributed by atoms with Crippen molar-refractivity contribution < 1.29 is 23.7 Å². The Morgan fingerprint density at radius 2 is 1.88 bits per heavy atom. The van der Waals surface area contributed by atoms with E-state index in [4.69, 9.17) is 9.15 Å². The fourth-order valence-electron chi connectivity index (χ4n) is 2.98. The van der Waals surface area contributed by atoms with Crippen molar-refractivity contribution in [1.29, 1.82) is 0 Å². The van der Waals surface area contributed by atoms with Gasteiger partial charge in [-0.1, -0.05) is 0 Å². The lowest BCUT2D eigenvalue weighted by Gasteiger charge is -2.29. The molecule has 0 aliphatic rings. The van der Waals surface area contributed by atoms with E-state index in [2.05, 4.69) is 0 Å². The summed E-state index contributed by atoms with van der Waals surface area (Å²) >= 11 is 0. The number of benzene rings is 1. The fourth-order valence-corrected chi connectivity index (χ4v) is 2.98. The summed E-state index contributed by atoms with van der Waals surface area (Å²) < 4.78 is 10.7. The summed E-state index contributed by atoms with van der Waals surface area (Å²) in [4.78, 5) is 39.1. The number of nitro groups is 1. The van der Waals surface area contributed by atoms with Gasteiger partial charge in [0, 0.05) is 37.9 Å².